The highest BCUT2D eigenvalue weighted by molar-refractivity contribution is 5.81. The van der Waals surface area contributed by atoms with Crippen LogP contribution in [0, 0.1) is 0 Å². The molecule has 0 spiro atoms. The van der Waals surface area contributed by atoms with Gasteiger partial charge in [0.1, 0.15) is 5.78 Å². The Labute approximate surface area is 90.9 Å². The Morgan fingerprint density at radius 2 is 2.00 bits per heavy atom. The van der Waals surface area contributed by atoms with Crippen molar-refractivity contribution in [3.63, 3.8) is 0 Å². The van der Waals surface area contributed by atoms with Crippen LogP contribution >= 0.6 is 0 Å². The second-order valence-corrected chi connectivity index (χ2v) is 3.85. The van der Waals surface area contributed by atoms with E-state index in [0.29, 0.717) is 12.8 Å². The summed E-state index contributed by atoms with van der Waals surface area (Å²) in [6.07, 6.45) is 1.87. The van der Waals surface area contributed by atoms with Crippen LogP contribution in [0.25, 0.3) is 0 Å². The topological polar surface area (TPSA) is 37.3 Å². The number of benzene rings is 1. The minimum atomic E-state index is -0.466. The van der Waals surface area contributed by atoms with Crippen LogP contribution in [0.15, 0.2) is 30.3 Å². The standard InChI is InChI=1S/C13H18O2/c1-2-6-12(14)10-13(15)9-11-7-4-3-5-8-11/h3-5,7-8,12,14H,2,6,9-10H2,1H3/t12-/m0/s1. The largest absolute Gasteiger partial charge is 0.393 e. The number of ketones is 1. The molecule has 0 amide bonds. The van der Waals surface area contributed by atoms with Crippen molar-refractivity contribution in [3.05, 3.63) is 35.9 Å². The summed E-state index contributed by atoms with van der Waals surface area (Å²) >= 11 is 0. The van der Waals surface area contributed by atoms with E-state index in [4.69, 9.17) is 0 Å². The first-order valence-electron chi connectivity index (χ1n) is 5.46. The zero-order valence-electron chi connectivity index (χ0n) is 9.15. The Kier molecular flexibility index (Phi) is 5.05. The molecule has 0 aliphatic rings. The third-order valence-electron chi connectivity index (χ3n) is 2.33. The molecule has 1 rings (SSSR count). The van der Waals surface area contributed by atoms with Crippen molar-refractivity contribution in [2.45, 2.75) is 38.7 Å². The second-order valence-electron chi connectivity index (χ2n) is 3.85. The van der Waals surface area contributed by atoms with Crippen molar-refractivity contribution in [1.29, 1.82) is 0 Å². The van der Waals surface area contributed by atoms with Gasteiger partial charge in [0.25, 0.3) is 0 Å². The van der Waals surface area contributed by atoms with Crippen LogP contribution < -0.4 is 0 Å². The molecule has 0 radical (unpaired) electrons. The molecule has 0 saturated heterocycles. The van der Waals surface area contributed by atoms with E-state index in [1.807, 2.05) is 37.3 Å². The maximum Gasteiger partial charge on any atom is 0.139 e. The number of hydrogen-bond acceptors (Lipinski definition) is 2. The summed E-state index contributed by atoms with van der Waals surface area (Å²) in [5.41, 5.74) is 1.02. The monoisotopic (exact) mass is 206 g/mol. The molecular weight excluding hydrogens is 188 g/mol. The van der Waals surface area contributed by atoms with Gasteiger partial charge in [-0.1, -0.05) is 43.7 Å². The van der Waals surface area contributed by atoms with Crippen LogP contribution in [0.2, 0.25) is 0 Å². The van der Waals surface area contributed by atoms with Crippen molar-refractivity contribution < 1.29 is 9.90 Å². The van der Waals surface area contributed by atoms with Gasteiger partial charge in [0.05, 0.1) is 6.10 Å². The van der Waals surface area contributed by atoms with Crippen molar-refractivity contribution in [3.8, 4) is 0 Å². The zero-order chi connectivity index (χ0) is 11.1. The fourth-order valence-electron chi connectivity index (χ4n) is 1.59. The summed E-state index contributed by atoms with van der Waals surface area (Å²) in [7, 11) is 0. The van der Waals surface area contributed by atoms with Crippen molar-refractivity contribution in [2.24, 2.45) is 0 Å². The summed E-state index contributed by atoms with van der Waals surface area (Å²) < 4.78 is 0. The number of aliphatic hydroxyl groups excluding tert-OH is 1. The number of hydrogen-bond donors (Lipinski definition) is 1. The Hall–Kier alpha value is -1.15. The SMILES string of the molecule is CCC[C@H](O)CC(=O)Cc1ccccc1. The molecule has 0 unspecified atom stereocenters. The van der Waals surface area contributed by atoms with E-state index in [1.165, 1.54) is 0 Å². The van der Waals surface area contributed by atoms with E-state index in [9.17, 15) is 9.90 Å². The quantitative estimate of drug-likeness (QED) is 0.775. The second kappa shape index (κ2) is 6.36. The van der Waals surface area contributed by atoms with Crippen LogP contribution in [-0.4, -0.2) is 17.0 Å². The van der Waals surface area contributed by atoms with Crippen LogP contribution in [0.5, 0.6) is 0 Å². The molecule has 1 aromatic carbocycles. The number of carbonyl (C=O) groups is 1. The highest BCUT2D eigenvalue weighted by atomic mass is 16.3. The van der Waals surface area contributed by atoms with Crippen LogP contribution in [0.1, 0.15) is 31.7 Å². The average Bonchev–Trinajstić information content (AvgIpc) is 2.19. The molecule has 2 nitrogen and oxygen atoms in total. The fourth-order valence-corrected chi connectivity index (χ4v) is 1.59. The molecule has 0 aliphatic carbocycles. The van der Waals surface area contributed by atoms with E-state index in [1.54, 1.807) is 0 Å². The lowest BCUT2D eigenvalue weighted by Crippen LogP contribution is -2.14. The third kappa shape index (κ3) is 4.75. The molecule has 82 valence electrons. The van der Waals surface area contributed by atoms with Gasteiger partial charge in [0.15, 0.2) is 0 Å². The van der Waals surface area contributed by atoms with Gasteiger partial charge >= 0.3 is 0 Å². The van der Waals surface area contributed by atoms with Crippen molar-refractivity contribution in [1.82, 2.24) is 0 Å². The Balaban J connectivity index is 2.36. The smallest absolute Gasteiger partial charge is 0.139 e. The summed E-state index contributed by atoms with van der Waals surface area (Å²) in [4.78, 5) is 11.5. The normalized spacial score (nSPS) is 12.4. The summed E-state index contributed by atoms with van der Waals surface area (Å²) in [5.74, 6) is 0.113. The molecule has 2 heteroatoms. The fraction of sp³-hybridized carbons (Fsp3) is 0.462. The molecule has 1 N–H and O–H groups in total. The van der Waals surface area contributed by atoms with Gasteiger partial charge in [-0.25, -0.2) is 0 Å². The maximum absolute atomic E-state index is 11.5. The van der Waals surface area contributed by atoms with Gasteiger partial charge < -0.3 is 5.11 Å². The first-order valence-corrected chi connectivity index (χ1v) is 5.46. The molecule has 0 fully saturated rings. The lowest BCUT2D eigenvalue weighted by atomic mass is 10.0. The molecule has 15 heavy (non-hydrogen) atoms. The number of rotatable bonds is 6. The summed E-state index contributed by atoms with van der Waals surface area (Å²) in [5, 5.41) is 9.48. The molecule has 0 bridgehead atoms. The van der Waals surface area contributed by atoms with Gasteiger partial charge in [-0.2, -0.15) is 0 Å². The maximum atomic E-state index is 11.5. The number of carbonyl (C=O) groups excluding carboxylic acids is 1. The molecule has 0 saturated carbocycles. The molecule has 1 atom stereocenters. The first kappa shape index (κ1) is 11.9. The summed E-state index contributed by atoms with van der Waals surface area (Å²) in [6.45, 7) is 2.00. The van der Waals surface area contributed by atoms with E-state index >= 15 is 0 Å². The Bertz CT molecular complexity index is 293. The lowest BCUT2D eigenvalue weighted by Gasteiger charge is -2.07. The van der Waals surface area contributed by atoms with Gasteiger partial charge in [-0.3, -0.25) is 4.79 Å². The van der Waals surface area contributed by atoms with Gasteiger partial charge in [0, 0.05) is 12.8 Å². The van der Waals surface area contributed by atoms with Gasteiger partial charge in [-0.05, 0) is 12.0 Å². The Morgan fingerprint density at radius 1 is 1.33 bits per heavy atom. The average molecular weight is 206 g/mol. The predicted octanol–water partition coefficient (Wildman–Crippen LogP) is 2.35. The van der Waals surface area contributed by atoms with Gasteiger partial charge in [0.2, 0.25) is 0 Å². The van der Waals surface area contributed by atoms with Crippen LogP contribution in [-0.2, 0) is 11.2 Å². The first-order chi connectivity index (χ1) is 7.22. The third-order valence-corrected chi connectivity index (χ3v) is 2.33. The van der Waals surface area contributed by atoms with Gasteiger partial charge in [-0.15, -0.1) is 0 Å². The van der Waals surface area contributed by atoms with E-state index < -0.39 is 6.10 Å². The zero-order valence-corrected chi connectivity index (χ0v) is 9.15. The van der Waals surface area contributed by atoms with Crippen molar-refractivity contribution >= 4 is 5.78 Å². The molecule has 0 heterocycles. The van der Waals surface area contributed by atoms with E-state index in [2.05, 4.69) is 0 Å². The van der Waals surface area contributed by atoms with Crippen molar-refractivity contribution in [2.75, 3.05) is 0 Å². The minimum absolute atomic E-state index is 0.113. The predicted molar refractivity (Wildman–Crippen MR) is 60.7 cm³/mol. The number of Topliss-reactive ketones (excluding diaryl/α,β-unsaturated/α-hetero) is 1. The molecule has 0 aliphatic heterocycles. The van der Waals surface area contributed by atoms with Crippen LogP contribution in [0.3, 0.4) is 0 Å². The molecular formula is C13H18O2. The summed E-state index contributed by atoms with van der Waals surface area (Å²) in [6, 6.07) is 9.64. The lowest BCUT2D eigenvalue weighted by molar-refractivity contribution is -0.120. The highest BCUT2D eigenvalue weighted by Crippen LogP contribution is 2.06. The van der Waals surface area contributed by atoms with E-state index in [-0.39, 0.29) is 12.2 Å². The number of aliphatic hydroxyl groups is 1. The minimum Gasteiger partial charge on any atom is -0.393 e. The van der Waals surface area contributed by atoms with Crippen LogP contribution in [0.4, 0.5) is 0 Å². The van der Waals surface area contributed by atoms with E-state index in [0.717, 1.165) is 12.0 Å². The Morgan fingerprint density at radius 3 is 2.60 bits per heavy atom. The highest BCUT2D eigenvalue weighted by Gasteiger charge is 2.10. The molecule has 0 aromatic heterocycles. The molecule has 1 aromatic rings.